The van der Waals surface area contributed by atoms with Crippen LogP contribution in [0.25, 0.3) is 0 Å². The summed E-state index contributed by atoms with van der Waals surface area (Å²) in [6.07, 6.45) is 1.38. The zero-order valence-electron chi connectivity index (χ0n) is 11.1. The van der Waals surface area contributed by atoms with Crippen LogP contribution in [0.2, 0.25) is 0 Å². The normalized spacial score (nSPS) is 25.8. The number of nitrogens with zero attached hydrogens (tertiary/aromatic N) is 1. The molecule has 2 atom stereocenters. The molecule has 1 fully saturated rings. The van der Waals surface area contributed by atoms with Gasteiger partial charge in [-0.25, -0.2) is 0 Å². The van der Waals surface area contributed by atoms with E-state index in [0.29, 0.717) is 5.41 Å². The third-order valence-electron chi connectivity index (χ3n) is 3.62. The largest absolute Gasteiger partial charge is 0.319 e. The van der Waals surface area contributed by atoms with Gasteiger partial charge in [0.1, 0.15) is 0 Å². The number of rotatable bonds is 4. The van der Waals surface area contributed by atoms with Crippen LogP contribution in [0.4, 0.5) is 0 Å². The Kier molecular flexibility index (Phi) is 4.60. The van der Waals surface area contributed by atoms with E-state index in [-0.39, 0.29) is 0 Å². The van der Waals surface area contributed by atoms with E-state index >= 15 is 0 Å². The van der Waals surface area contributed by atoms with Crippen molar-refractivity contribution in [2.45, 2.75) is 34.1 Å². The van der Waals surface area contributed by atoms with Crippen molar-refractivity contribution in [2.24, 2.45) is 17.3 Å². The SMILES string of the molecule is CNCC(C)CN1CCC(C(C)(C)C)C1. The quantitative estimate of drug-likeness (QED) is 0.768. The van der Waals surface area contributed by atoms with E-state index in [1.165, 1.54) is 26.1 Å². The monoisotopic (exact) mass is 212 g/mol. The number of hydrogen-bond acceptors (Lipinski definition) is 2. The molecule has 15 heavy (non-hydrogen) atoms. The van der Waals surface area contributed by atoms with E-state index in [1.807, 2.05) is 7.05 Å². The first-order chi connectivity index (χ1) is 6.93. The molecular formula is C13H28N2. The fourth-order valence-electron chi connectivity index (χ4n) is 2.56. The fraction of sp³-hybridized carbons (Fsp3) is 1.00. The van der Waals surface area contributed by atoms with E-state index in [9.17, 15) is 0 Å². The van der Waals surface area contributed by atoms with Crippen molar-refractivity contribution in [2.75, 3.05) is 33.2 Å². The van der Waals surface area contributed by atoms with Crippen LogP contribution in [0.15, 0.2) is 0 Å². The van der Waals surface area contributed by atoms with Gasteiger partial charge < -0.3 is 10.2 Å². The second kappa shape index (κ2) is 5.31. The Balaban J connectivity index is 2.30. The minimum absolute atomic E-state index is 0.487. The Morgan fingerprint density at radius 3 is 2.53 bits per heavy atom. The minimum atomic E-state index is 0.487. The molecule has 2 nitrogen and oxygen atoms in total. The Hall–Kier alpha value is -0.0800. The van der Waals surface area contributed by atoms with E-state index < -0.39 is 0 Å². The summed E-state index contributed by atoms with van der Waals surface area (Å²) in [5.41, 5.74) is 0.487. The lowest BCUT2D eigenvalue weighted by Gasteiger charge is -2.27. The maximum absolute atomic E-state index is 3.26. The second-order valence-corrected chi connectivity index (χ2v) is 6.27. The Morgan fingerprint density at radius 2 is 2.07 bits per heavy atom. The molecule has 0 bridgehead atoms. The zero-order valence-corrected chi connectivity index (χ0v) is 11.1. The Labute approximate surface area is 95.4 Å². The van der Waals surface area contributed by atoms with Crippen LogP contribution in [0, 0.1) is 17.3 Å². The molecule has 2 heteroatoms. The van der Waals surface area contributed by atoms with Crippen LogP contribution < -0.4 is 5.32 Å². The first-order valence-electron chi connectivity index (χ1n) is 6.30. The van der Waals surface area contributed by atoms with Gasteiger partial charge in [0.15, 0.2) is 0 Å². The summed E-state index contributed by atoms with van der Waals surface area (Å²) < 4.78 is 0. The average Bonchev–Trinajstić information content (AvgIpc) is 2.52. The molecule has 0 amide bonds. The second-order valence-electron chi connectivity index (χ2n) is 6.27. The molecule has 1 N–H and O–H groups in total. The molecule has 0 aliphatic carbocycles. The van der Waals surface area contributed by atoms with Gasteiger partial charge in [0.25, 0.3) is 0 Å². The van der Waals surface area contributed by atoms with Gasteiger partial charge in [0.05, 0.1) is 0 Å². The van der Waals surface area contributed by atoms with Gasteiger partial charge in [-0.3, -0.25) is 0 Å². The number of hydrogen-bond donors (Lipinski definition) is 1. The summed E-state index contributed by atoms with van der Waals surface area (Å²) in [4.78, 5) is 2.64. The third-order valence-corrected chi connectivity index (χ3v) is 3.62. The molecule has 1 aliphatic heterocycles. The highest BCUT2D eigenvalue weighted by Crippen LogP contribution is 2.33. The molecular weight excluding hydrogens is 184 g/mol. The van der Waals surface area contributed by atoms with Crippen molar-refractivity contribution < 1.29 is 0 Å². The van der Waals surface area contributed by atoms with Gasteiger partial charge in [0.2, 0.25) is 0 Å². The van der Waals surface area contributed by atoms with Gasteiger partial charge in [0, 0.05) is 13.1 Å². The highest BCUT2D eigenvalue weighted by molar-refractivity contribution is 4.84. The lowest BCUT2D eigenvalue weighted by atomic mass is 9.80. The summed E-state index contributed by atoms with van der Waals surface area (Å²) in [5, 5.41) is 3.26. The summed E-state index contributed by atoms with van der Waals surface area (Å²) >= 11 is 0. The fourth-order valence-corrected chi connectivity index (χ4v) is 2.56. The molecule has 90 valence electrons. The summed E-state index contributed by atoms with van der Waals surface area (Å²) in [6.45, 7) is 14.5. The predicted octanol–water partition coefficient (Wildman–Crippen LogP) is 2.21. The average molecular weight is 212 g/mol. The lowest BCUT2D eigenvalue weighted by molar-refractivity contribution is 0.216. The molecule has 0 aromatic heterocycles. The molecule has 0 aromatic carbocycles. The highest BCUT2D eigenvalue weighted by Gasteiger charge is 2.31. The molecule has 0 spiro atoms. The smallest absolute Gasteiger partial charge is 0.00193 e. The van der Waals surface area contributed by atoms with Crippen molar-refractivity contribution in [3.8, 4) is 0 Å². The first-order valence-corrected chi connectivity index (χ1v) is 6.30. The lowest BCUT2D eigenvalue weighted by Crippen LogP contribution is -2.32. The molecule has 0 saturated carbocycles. The van der Waals surface area contributed by atoms with E-state index in [2.05, 4.69) is 37.9 Å². The molecule has 2 unspecified atom stereocenters. The van der Waals surface area contributed by atoms with Crippen LogP contribution in [-0.4, -0.2) is 38.1 Å². The highest BCUT2D eigenvalue weighted by atomic mass is 15.1. The van der Waals surface area contributed by atoms with E-state index in [0.717, 1.165) is 18.4 Å². The minimum Gasteiger partial charge on any atom is -0.319 e. The van der Waals surface area contributed by atoms with Crippen LogP contribution in [0.3, 0.4) is 0 Å². The van der Waals surface area contributed by atoms with Gasteiger partial charge in [-0.1, -0.05) is 27.7 Å². The maximum atomic E-state index is 3.26. The van der Waals surface area contributed by atoms with Crippen molar-refractivity contribution >= 4 is 0 Å². The van der Waals surface area contributed by atoms with Gasteiger partial charge in [-0.15, -0.1) is 0 Å². The van der Waals surface area contributed by atoms with E-state index in [1.54, 1.807) is 0 Å². The Morgan fingerprint density at radius 1 is 1.40 bits per heavy atom. The maximum Gasteiger partial charge on any atom is 0.00193 e. The molecule has 1 saturated heterocycles. The summed E-state index contributed by atoms with van der Waals surface area (Å²) in [5.74, 6) is 1.66. The summed E-state index contributed by atoms with van der Waals surface area (Å²) in [6, 6.07) is 0. The van der Waals surface area contributed by atoms with Gasteiger partial charge >= 0.3 is 0 Å². The van der Waals surface area contributed by atoms with E-state index in [4.69, 9.17) is 0 Å². The van der Waals surface area contributed by atoms with Crippen molar-refractivity contribution in [1.82, 2.24) is 10.2 Å². The summed E-state index contributed by atoms with van der Waals surface area (Å²) in [7, 11) is 2.04. The zero-order chi connectivity index (χ0) is 11.5. The van der Waals surface area contributed by atoms with Crippen LogP contribution >= 0.6 is 0 Å². The number of likely N-dealkylation sites (tertiary alicyclic amines) is 1. The molecule has 0 aromatic rings. The standard InChI is InChI=1S/C13H28N2/c1-11(8-14-5)9-15-7-6-12(10-15)13(2,3)4/h11-12,14H,6-10H2,1-5H3. The third kappa shape index (κ3) is 4.12. The predicted molar refractivity (Wildman–Crippen MR) is 67.1 cm³/mol. The number of nitrogens with one attached hydrogen (secondary N) is 1. The van der Waals surface area contributed by atoms with Gasteiger partial charge in [-0.2, -0.15) is 0 Å². The Bertz CT molecular complexity index is 183. The molecule has 0 radical (unpaired) electrons. The molecule has 1 heterocycles. The van der Waals surface area contributed by atoms with Crippen LogP contribution in [0.5, 0.6) is 0 Å². The molecule has 1 aliphatic rings. The topological polar surface area (TPSA) is 15.3 Å². The van der Waals surface area contributed by atoms with Crippen LogP contribution in [-0.2, 0) is 0 Å². The van der Waals surface area contributed by atoms with Gasteiger partial charge in [-0.05, 0) is 43.8 Å². The van der Waals surface area contributed by atoms with Crippen LogP contribution in [0.1, 0.15) is 34.1 Å². The van der Waals surface area contributed by atoms with Crippen molar-refractivity contribution in [3.63, 3.8) is 0 Å². The van der Waals surface area contributed by atoms with Crippen molar-refractivity contribution in [1.29, 1.82) is 0 Å². The molecule has 1 rings (SSSR count). The van der Waals surface area contributed by atoms with Crippen molar-refractivity contribution in [3.05, 3.63) is 0 Å². The first kappa shape index (κ1) is 13.0.